The third-order valence-electron chi connectivity index (χ3n) is 2.96. The predicted octanol–water partition coefficient (Wildman–Crippen LogP) is 3.76. The van der Waals surface area contributed by atoms with Crippen molar-refractivity contribution in [3.05, 3.63) is 41.0 Å². The van der Waals surface area contributed by atoms with E-state index < -0.39 is 17.5 Å². The van der Waals surface area contributed by atoms with E-state index in [0.29, 0.717) is 11.6 Å². The lowest BCUT2D eigenvalue weighted by atomic mass is 9.97. The number of carbonyl (C=O) groups excluding carboxylic acids is 1. The van der Waals surface area contributed by atoms with E-state index in [1.54, 1.807) is 40.1 Å². The molecule has 1 aromatic rings. The van der Waals surface area contributed by atoms with Crippen LogP contribution in [0.3, 0.4) is 0 Å². The fourth-order valence-corrected chi connectivity index (χ4v) is 2.01. The third kappa shape index (κ3) is 4.72. The van der Waals surface area contributed by atoms with Gasteiger partial charge in [-0.1, -0.05) is 23.8 Å². The Labute approximate surface area is 128 Å². The Morgan fingerprint density at radius 3 is 2.27 bits per heavy atom. The molecule has 1 aromatic carbocycles. The molecule has 3 nitrogen and oxygen atoms in total. The monoisotopic (exact) mass is 312 g/mol. The molecule has 0 fully saturated rings. The smallest absolute Gasteiger partial charge is 0.303 e. The van der Waals surface area contributed by atoms with Crippen LogP contribution in [0.5, 0.6) is 0 Å². The number of hydrogen-bond donors (Lipinski definition) is 0. The lowest BCUT2D eigenvalue weighted by Gasteiger charge is -2.15. The number of carbonyl (C=O) groups is 1. The van der Waals surface area contributed by atoms with Gasteiger partial charge < -0.3 is 5.01 Å². The van der Waals surface area contributed by atoms with Crippen molar-refractivity contribution in [3.63, 3.8) is 0 Å². The van der Waals surface area contributed by atoms with Crippen molar-refractivity contribution in [3.8, 4) is 0 Å². The van der Waals surface area contributed by atoms with Crippen molar-refractivity contribution in [1.29, 1.82) is 0 Å². The van der Waals surface area contributed by atoms with E-state index in [1.807, 2.05) is 0 Å². The molecule has 0 saturated heterocycles. The zero-order valence-corrected chi connectivity index (χ0v) is 13.2. The summed E-state index contributed by atoms with van der Waals surface area (Å²) in [5.41, 5.74) is 0.377. The number of hydrogen-bond acceptors (Lipinski definition) is 3. The molecular formula is C16H19F3N2O. The third-order valence-corrected chi connectivity index (χ3v) is 2.96. The van der Waals surface area contributed by atoms with Crippen molar-refractivity contribution in [2.24, 2.45) is 5.10 Å². The van der Waals surface area contributed by atoms with E-state index in [1.165, 1.54) is 18.0 Å². The molecule has 22 heavy (non-hydrogen) atoms. The van der Waals surface area contributed by atoms with Gasteiger partial charge in [-0.2, -0.15) is 18.3 Å². The van der Waals surface area contributed by atoms with Crippen molar-refractivity contribution in [2.75, 3.05) is 14.1 Å². The minimum Gasteiger partial charge on any atom is -0.303 e. The van der Waals surface area contributed by atoms with Crippen LogP contribution >= 0.6 is 0 Å². The van der Waals surface area contributed by atoms with Gasteiger partial charge in [-0.15, -0.1) is 0 Å². The van der Waals surface area contributed by atoms with Gasteiger partial charge in [-0.25, -0.2) is 0 Å². The van der Waals surface area contributed by atoms with Crippen LogP contribution in [0.1, 0.15) is 23.6 Å². The Balaban J connectivity index is 3.37. The van der Waals surface area contributed by atoms with Crippen molar-refractivity contribution < 1.29 is 18.0 Å². The highest BCUT2D eigenvalue weighted by Gasteiger charge is 2.36. The first-order valence-corrected chi connectivity index (χ1v) is 6.65. The molecule has 0 aliphatic rings. The molecule has 0 atom stereocenters. The average Bonchev–Trinajstić information content (AvgIpc) is 2.34. The lowest BCUT2D eigenvalue weighted by molar-refractivity contribution is -0.109. The minimum absolute atomic E-state index is 0.00323. The maximum Gasteiger partial charge on any atom is 0.417 e. The molecule has 0 saturated carbocycles. The average molecular weight is 312 g/mol. The van der Waals surface area contributed by atoms with Gasteiger partial charge in [0.1, 0.15) is 5.71 Å². The first-order valence-electron chi connectivity index (χ1n) is 6.65. The van der Waals surface area contributed by atoms with Gasteiger partial charge in [0, 0.05) is 20.2 Å². The summed E-state index contributed by atoms with van der Waals surface area (Å²) >= 11 is 0. The topological polar surface area (TPSA) is 32.7 Å². The van der Waals surface area contributed by atoms with E-state index in [-0.39, 0.29) is 11.3 Å². The van der Waals surface area contributed by atoms with Crippen molar-refractivity contribution >= 4 is 17.1 Å². The molecule has 6 heteroatoms. The highest BCUT2D eigenvalue weighted by Crippen LogP contribution is 2.35. The summed E-state index contributed by atoms with van der Waals surface area (Å²) in [6, 6.07) is 4.63. The Bertz CT molecular complexity index is 629. The summed E-state index contributed by atoms with van der Waals surface area (Å²) in [6.45, 7) is 4.77. The maximum atomic E-state index is 13.3. The second-order valence-corrected chi connectivity index (χ2v) is 5.27. The van der Waals surface area contributed by atoms with Crippen LogP contribution < -0.4 is 0 Å². The zero-order valence-electron chi connectivity index (χ0n) is 13.2. The van der Waals surface area contributed by atoms with Crippen LogP contribution in [0, 0.1) is 13.8 Å². The number of alkyl halides is 3. The first kappa shape index (κ1) is 17.9. The molecule has 0 heterocycles. The second-order valence-electron chi connectivity index (χ2n) is 5.27. The number of benzene rings is 1. The van der Waals surface area contributed by atoms with Crippen molar-refractivity contribution in [2.45, 2.75) is 26.9 Å². The molecule has 0 unspecified atom stereocenters. The molecule has 1 rings (SSSR count). The molecule has 0 aliphatic heterocycles. The Kier molecular flexibility index (Phi) is 5.52. The number of allylic oxidation sites excluding steroid dienone is 2. The van der Waals surface area contributed by atoms with E-state index in [4.69, 9.17) is 0 Å². The van der Waals surface area contributed by atoms with Crippen LogP contribution in [-0.2, 0) is 4.79 Å². The van der Waals surface area contributed by atoms with E-state index in [9.17, 15) is 18.0 Å². The summed E-state index contributed by atoms with van der Waals surface area (Å²) in [4.78, 5) is 12.0. The zero-order chi connectivity index (χ0) is 17.1. The maximum absolute atomic E-state index is 13.3. The number of ketones is 1. The molecule has 0 aromatic heterocycles. The molecule has 0 N–H and O–H groups in total. The second kappa shape index (κ2) is 6.77. The highest BCUT2D eigenvalue weighted by atomic mass is 19.4. The van der Waals surface area contributed by atoms with Gasteiger partial charge in [-0.05, 0) is 31.9 Å². The van der Waals surface area contributed by atoms with Gasteiger partial charge in [0.2, 0.25) is 5.78 Å². The molecule has 0 spiro atoms. The van der Waals surface area contributed by atoms with Gasteiger partial charge in [0.15, 0.2) is 0 Å². The summed E-state index contributed by atoms with van der Waals surface area (Å²) in [7, 11) is 3.19. The number of nitrogens with zero attached hydrogens (tertiary/aromatic N) is 2. The van der Waals surface area contributed by atoms with Crippen LogP contribution in [0.2, 0.25) is 0 Å². The fraction of sp³-hybridized carbons (Fsp3) is 0.375. The SMILES string of the molecule is C/C(=N\N(C)C)C(=O)/C=C(\c1ccc(C)cc1C)C(F)(F)F. The van der Waals surface area contributed by atoms with Gasteiger partial charge >= 0.3 is 6.18 Å². The van der Waals surface area contributed by atoms with Crippen LogP contribution in [0.4, 0.5) is 13.2 Å². The number of hydrazone groups is 1. The molecule has 120 valence electrons. The largest absolute Gasteiger partial charge is 0.417 e. The quantitative estimate of drug-likeness (QED) is 0.482. The van der Waals surface area contributed by atoms with Gasteiger partial charge in [0.05, 0.1) is 5.57 Å². The van der Waals surface area contributed by atoms with E-state index >= 15 is 0 Å². The molecule has 0 bridgehead atoms. The molecular weight excluding hydrogens is 293 g/mol. The van der Waals surface area contributed by atoms with Crippen LogP contribution in [0.25, 0.3) is 5.57 Å². The number of halogens is 3. The van der Waals surface area contributed by atoms with Crippen LogP contribution in [0.15, 0.2) is 29.4 Å². The van der Waals surface area contributed by atoms with Gasteiger partial charge in [-0.3, -0.25) is 4.79 Å². The van der Waals surface area contributed by atoms with Gasteiger partial charge in [0.25, 0.3) is 0 Å². The van der Waals surface area contributed by atoms with E-state index in [2.05, 4.69) is 5.10 Å². The molecule has 0 radical (unpaired) electrons. The molecule has 0 amide bonds. The first-order chi connectivity index (χ1) is 10.0. The highest BCUT2D eigenvalue weighted by molar-refractivity contribution is 6.44. The Morgan fingerprint density at radius 1 is 1.23 bits per heavy atom. The Hall–Kier alpha value is -2.11. The predicted molar refractivity (Wildman–Crippen MR) is 81.8 cm³/mol. The summed E-state index contributed by atoms with van der Waals surface area (Å²) in [5, 5.41) is 5.20. The van der Waals surface area contributed by atoms with Crippen LogP contribution in [-0.4, -0.2) is 36.8 Å². The summed E-state index contributed by atoms with van der Waals surface area (Å²) < 4.78 is 39.9. The summed E-state index contributed by atoms with van der Waals surface area (Å²) in [5.74, 6) is -0.763. The molecule has 0 aliphatic carbocycles. The van der Waals surface area contributed by atoms with E-state index in [0.717, 1.165) is 5.56 Å². The number of rotatable bonds is 4. The standard InChI is InChI=1S/C16H19F3N2O/c1-10-6-7-13(11(2)8-10)14(16(17,18)19)9-15(22)12(3)20-21(4)5/h6-9H,1-5H3/b14-9+,20-12+. The minimum atomic E-state index is -4.62. The Morgan fingerprint density at radius 2 is 1.82 bits per heavy atom. The normalized spacial score (nSPS) is 13.3. The fourth-order valence-electron chi connectivity index (χ4n) is 2.01. The summed E-state index contributed by atoms with van der Waals surface area (Å²) in [6.07, 6.45) is -4.01. The number of aryl methyl sites for hydroxylation is 2. The van der Waals surface area contributed by atoms with Crippen molar-refractivity contribution in [1.82, 2.24) is 5.01 Å². The lowest BCUT2D eigenvalue weighted by Crippen LogP contribution is -2.18.